The number of carbonyl (C=O) groups excluding carboxylic acids is 3. The van der Waals surface area contributed by atoms with Crippen LogP contribution in [-0.2, 0) is 20.6 Å². The number of pyridine rings is 1. The largest absolute Gasteiger partial charge is 0.484 e. The van der Waals surface area contributed by atoms with E-state index in [1.54, 1.807) is 0 Å². The number of halogens is 5. The van der Waals surface area contributed by atoms with Crippen molar-refractivity contribution in [3.63, 3.8) is 0 Å². The van der Waals surface area contributed by atoms with Gasteiger partial charge in [-0.05, 0) is 43.9 Å². The Balaban J connectivity index is 1.28. The number of hydrogen-bond donors (Lipinski definition) is 2. The van der Waals surface area contributed by atoms with Crippen LogP contribution in [0.15, 0.2) is 36.7 Å². The van der Waals surface area contributed by atoms with Gasteiger partial charge in [-0.15, -0.1) is 0 Å². The van der Waals surface area contributed by atoms with Gasteiger partial charge < -0.3 is 20.1 Å². The molecule has 0 radical (unpaired) electrons. The zero-order chi connectivity index (χ0) is 26.8. The van der Waals surface area contributed by atoms with Crippen LogP contribution in [0.4, 0.5) is 17.6 Å². The highest BCUT2D eigenvalue weighted by molar-refractivity contribution is 6.30. The molecule has 5 rings (SSSR count). The predicted octanol–water partition coefficient (Wildman–Crippen LogP) is 3.61. The maximum absolute atomic E-state index is 13.5. The number of alkyl halides is 3. The van der Waals surface area contributed by atoms with Crippen LogP contribution >= 0.6 is 11.6 Å². The van der Waals surface area contributed by atoms with Gasteiger partial charge in [-0.2, -0.15) is 13.2 Å². The zero-order valence-electron chi connectivity index (χ0n) is 19.3. The van der Waals surface area contributed by atoms with E-state index >= 15 is 0 Å². The van der Waals surface area contributed by atoms with Gasteiger partial charge in [0.25, 0.3) is 11.8 Å². The van der Waals surface area contributed by atoms with Gasteiger partial charge >= 0.3 is 6.18 Å². The third-order valence-electron chi connectivity index (χ3n) is 6.55. The Morgan fingerprint density at radius 2 is 1.62 bits per heavy atom. The summed E-state index contributed by atoms with van der Waals surface area (Å²) < 4.78 is 62.4. The lowest BCUT2D eigenvalue weighted by Gasteiger charge is -2.52. The van der Waals surface area contributed by atoms with E-state index in [1.807, 2.05) is 0 Å². The van der Waals surface area contributed by atoms with Crippen molar-refractivity contribution in [2.45, 2.75) is 49.4 Å². The molecule has 2 amide bonds. The van der Waals surface area contributed by atoms with E-state index in [-0.39, 0.29) is 48.2 Å². The van der Waals surface area contributed by atoms with Crippen molar-refractivity contribution in [3.05, 3.63) is 53.1 Å². The highest BCUT2D eigenvalue weighted by Gasteiger charge is 2.55. The number of carbonyl (C=O) groups is 3. The van der Waals surface area contributed by atoms with Gasteiger partial charge in [0.15, 0.2) is 19.0 Å². The highest BCUT2D eigenvalue weighted by atomic mass is 35.5. The molecule has 37 heavy (non-hydrogen) atoms. The number of hydrogen-bond acceptors (Lipinski definition) is 6. The van der Waals surface area contributed by atoms with Crippen molar-refractivity contribution < 1.29 is 41.4 Å². The Bertz CT molecular complexity index is 1220. The van der Waals surface area contributed by atoms with E-state index in [0.717, 1.165) is 18.3 Å². The summed E-state index contributed by atoms with van der Waals surface area (Å²) in [6, 6.07) is 4.52. The quantitative estimate of drug-likeness (QED) is 0.493. The second kappa shape index (κ2) is 10.2. The van der Waals surface area contributed by atoms with Crippen LogP contribution < -0.4 is 20.1 Å². The summed E-state index contributed by atoms with van der Waals surface area (Å²) in [6.45, 7) is -0.983. The fraction of sp³-hybridized carbons (Fsp3) is 0.417. The molecule has 0 aliphatic heterocycles. The molecule has 0 unspecified atom stereocenters. The molecule has 3 aliphatic carbocycles. The van der Waals surface area contributed by atoms with Crippen molar-refractivity contribution in [2.75, 3.05) is 13.2 Å². The number of ether oxygens (including phenoxy) is 2. The van der Waals surface area contributed by atoms with E-state index in [0.29, 0.717) is 19.0 Å². The first kappa shape index (κ1) is 26.6. The van der Waals surface area contributed by atoms with Crippen LogP contribution in [0.1, 0.15) is 37.7 Å². The molecule has 0 atom stereocenters. The highest BCUT2D eigenvalue weighted by Crippen LogP contribution is 2.44. The van der Waals surface area contributed by atoms with Gasteiger partial charge in [0.1, 0.15) is 17.3 Å². The number of amides is 2. The molecule has 1 heterocycles. The lowest BCUT2D eigenvalue weighted by Crippen LogP contribution is -2.69. The van der Waals surface area contributed by atoms with Crippen LogP contribution in [0.25, 0.3) is 0 Å². The average Bonchev–Trinajstić information content (AvgIpc) is 2.84. The third kappa shape index (κ3) is 6.12. The second-order valence-corrected chi connectivity index (χ2v) is 9.53. The van der Waals surface area contributed by atoms with Gasteiger partial charge in [0.2, 0.25) is 0 Å². The van der Waals surface area contributed by atoms with Gasteiger partial charge in [0, 0.05) is 24.2 Å². The summed E-state index contributed by atoms with van der Waals surface area (Å²) in [5.41, 5.74) is -2.92. The SMILES string of the molecule is O=C(COc1ccc(Cl)c(F)c1)NC12CCC(NC(=O)COc3cncc(C(F)(F)F)c3)(CC1)C(=O)C2. The number of rotatable bonds is 8. The third-order valence-corrected chi connectivity index (χ3v) is 6.85. The Morgan fingerprint density at radius 3 is 2.24 bits per heavy atom. The molecule has 1 aromatic heterocycles. The Labute approximate surface area is 213 Å². The molecule has 0 spiro atoms. The molecule has 3 aliphatic rings. The molecular weight excluding hydrogens is 522 g/mol. The normalized spacial score (nSPS) is 22.9. The number of aromatic nitrogens is 1. The number of Topliss-reactive ketones (excluding diaryl/α,β-unsaturated/α-hetero) is 1. The van der Waals surface area contributed by atoms with E-state index in [4.69, 9.17) is 21.1 Å². The molecule has 2 aromatic rings. The summed E-state index contributed by atoms with van der Waals surface area (Å²) in [4.78, 5) is 41.3. The number of nitrogens with one attached hydrogen (secondary N) is 2. The maximum atomic E-state index is 13.5. The van der Waals surface area contributed by atoms with Gasteiger partial charge in [0.05, 0.1) is 22.3 Å². The van der Waals surface area contributed by atoms with Gasteiger partial charge in [-0.25, -0.2) is 4.39 Å². The molecule has 2 N–H and O–H groups in total. The second-order valence-electron chi connectivity index (χ2n) is 9.12. The molecule has 3 fully saturated rings. The number of nitrogens with zero attached hydrogens (tertiary/aromatic N) is 1. The topological polar surface area (TPSA) is 107 Å². The predicted molar refractivity (Wildman–Crippen MR) is 121 cm³/mol. The van der Waals surface area contributed by atoms with Gasteiger partial charge in [-0.1, -0.05) is 11.6 Å². The number of fused-ring (bicyclic) bond motifs is 3. The minimum absolute atomic E-state index is 0.00695. The molecule has 3 saturated carbocycles. The summed E-state index contributed by atoms with van der Waals surface area (Å²) in [5.74, 6) is -2.19. The van der Waals surface area contributed by atoms with Crippen LogP contribution in [0.5, 0.6) is 11.5 Å². The fourth-order valence-electron chi connectivity index (χ4n) is 4.60. The Hall–Kier alpha value is -3.41. The van der Waals surface area contributed by atoms with Crippen molar-refractivity contribution >= 4 is 29.2 Å². The van der Waals surface area contributed by atoms with E-state index in [9.17, 15) is 31.9 Å². The lowest BCUT2D eigenvalue weighted by atomic mass is 9.60. The summed E-state index contributed by atoms with van der Waals surface area (Å²) in [7, 11) is 0. The van der Waals surface area contributed by atoms with E-state index in [1.165, 1.54) is 12.1 Å². The smallest absolute Gasteiger partial charge is 0.418 e. The van der Waals surface area contributed by atoms with Crippen LogP contribution in [0, 0.1) is 5.82 Å². The standard InChI is InChI=1S/C24H22ClF4N3O5/c25-17-2-1-15(8-18(17)26)36-12-20(34)31-22-3-5-23(6-4-22,19(33)9-22)32-21(35)13-37-16-7-14(10-30-11-16)24(27,28)29/h1-2,7-8,10-11H,3-6,9,12-13H2,(H,31,34)(H,32,35). The van der Waals surface area contributed by atoms with E-state index < -0.39 is 47.1 Å². The van der Waals surface area contributed by atoms with Gasteiger partial charge in [-0.3, -0.25) is 19.4 Å². The van der Waals surface area contributed by atoms with Crippen molar-refractivity contribution in [1.82, 2.24) is 15.6 Å². The van der Waals surface area contributed by atoms with Crippen LogP contribution in [0.3, 0.4) is 0 Å². The first-order valence-electron chi connectivity index (χ1n) is 11.3. The number of benzene rings is 1. The maximum Gasteiger partial charge on any atom is 0.418 e. The molecule has 198 valence electrons. The molecule has 13 heteroatoms. The van der Waals surface area contributed by atoms with Crippen LogP contribution in [0.2, 0.25) is 5.02 Å². The summed E-state index contributed by atoms with van der Waals surface area (Å²) >= 11 is 5.62. The van der Waals surface area contributed by atoms with Crippen molar-refractivity contribution in [3.8, 4) is 11.5 Å². The van der Waals surface area contributed by atoms with Crippen LogP contribution in [-0.4, -0.2) is 46.9 Å². The summed E-state index contributed by atoms with van der Waals surface area (Å²) in [6.07, 6.45) is -1.55. The van der Waals surface area contributed by atoms with Crippen molar-refractivity contribution in [1.29, 1.82) is 0 Å². The Kier molecular flexibility index (Phi) is 7.31. The first-order chi connectivity index (χ1) is 17.4. The summed E-state index contributed by atoms with van der Waals surface area (Å²) in [5, 5.41) is 5.44. The molecule has 0 saturated heterocycles. The molecule has 2 bridgehead atoms. The molecule has 1 aromatic carbocycles. The minimum atomic E-state index is -4.61. The van der Waals surface area contributed by atoms with Crippen molar-refractivity contribution in [2.24, 2.45) is 0 Å². The fourth-order valence-corrected chi connectivity index (χ4v) is 4.72. The average molecular weight is 544 g/mol. The lowest BCUT2D eigenvalue weighted by molar-refractivity contribution is -0.143. The first-order valence-corrected chi connectivity index (χ1v) is 11.7. The Morgan fingerprint density at radius 1 is 0.973 bits per heavy atom. The zero-order valence-corrected chi connectivity index (χ0v) is 20.0. The molecular formula is C24H22ClF4N3O5. The number of ketones is 1. The minimum Gasteiger partial charge on any atom is -0.484 e. The molecule has 8 nitrogen and oxygen atoms in total. The monoisotopic (exact) mass is 543 g/mol. The van der Waals surface area contributed by atoms with E-state index in [2.05, 4.69) is 15.6 Å².